The first-order chi connectivity index (χ1) is 10.3. The molecule has 0 spiro atoms. The summed E-state index contributed by atoms with van der Waals surface area (Å²) in [4.78, 5) is 4.85. The predicted octanol–water partition coefficient (Wildman–Crippen LogP) is 3.75. The molecule has 0 aliphatic carbocycles. The van der Waals surface area contributed by atoms with Crippen LogP contribution in [0.2, 0.25) is 0 Å². The minimum absolute atomic E-state index is 0.742. The molecule has 1 aromatic heterocycles. The molecule has 0 amide bonds. The number of aryl methyl sites for hydroxylation is 2. The molecule has 0 bridgehead atoms. The smallest absolute Gasteiger partial charge is 0.141 e. The Kier molecular flexibility index (Phi) is 4.02. The van der Waals surface area contributed by atoms with Gasteiger partial charge in [0, 0.05) is 12.1 Å². The van der Waals surface area contributed by atoms with E-state index in [1.807, 2.05) is 6.07 Å². The van der Waals surface area contributed by atoms with Crippen LogP contribution in [0.5, 0.6) is 0 Å². The second-order valence-corrected chi connectivity index (χ2v) is 5.39. The molecule has 21 heavy (non-hydrogen) atoms. The van der Waals surface area contributed by atoms with Crippen molar-refractivity contribution in [1.29, 1.82) is 0 Å². The van der Waals surface area contributed by atoms with Gasteiger partial charge in [-0.15, -0.1) is 0 Å². The topological polar surface area (TPSA) is 43.8 Å². The summed E-state index contributed by atoms with van der Waals surface area (Å²) < 4.78 is 2.33. The molecule has 0 aliphatic heterocycles. The summed E-state index contributed by atoms with van der Waals surface area (Å²) in [7, 11) is 0. The van der Waals surface area contributed by atoms with Crippen molar-refractivity contribution in [3.8, 4) is 11.4 Å². The van der Waals surface area contributed by atoms with Crippen LogP contribution in [-0.2, 0) is 6.54 Å². The summed E-state index contributed by atoms with van der Waals surface area (Å²) in [6.07, 6.45) is 2.12. The predicted molar refractivity (Wildman–Crippen MR) is 88.2 cm³/mol. The first-order valence-electron chi connectivity index (χ1n) is 7.52. The maximum absolute atomic E-state index is 5.63. The highest BCUT2D eigenvalue weighted by Crippen LogP contribution is 2.27. The zero-order chi connectivity index (χ0) is 14.7. The monoisotopic (exact) mass is 279 g/mol. The quantitative estimate of drug-likeness (QED) is 0.723. The van der Waals surface area contributed by atoms with Crippen molar-refractivity contribution in [2.45, 2.75) is 26.3 Å². The van der Waals surface area contributed by atoms with Gasteiger partial charge in [-0.1, -0.05) is 36.4 Å². The average molecular weight is 279 g/mol. The normalized spacial score (nSPS) is 11.1. The van der Waals surface area contributed by atoms with Crippen molar-refractivity contribution in [1.82, 2.24) is 9.55 Å². The second kappa shape index (κ2) is 6.10. The summed E-state index contributed by atoms with van der Waals surface area (Å²) in [5, 5.41) is 0. The molecular weight excluding hydrogens is 258 g/mol. The van der Waals surface area contributed by atoms with E-state index in [0.717, 1.165) is 37.3 Å². The zero-order valence-electron chi connectivity index (χ0n) is 12.4. The van der Waals surface area contributed by atoms with E-state index in [0.29, 0.717) is 0 Å². The Bertz CT molecular complexity index is 743. The minimum Gasteiger partial charge on any atom is -0.330 e. The number of hydrogen-bond donors (Lipinski definition) is 1. The van der Waals surface area contributed by atoms with Crippen molar-refractivity contribution in [3.63, 3.8) is 0 Å². The van der Waals surface area contributed by atoms with Crippen molar-refractivity contribution < 1.29 is 0 Å². The molecule has 3 nitrogen and oxygen atoms in total. The van der Waals surface area contributed by atoms with E-state index in [9.17, 15) is 0 Å². The maximum atomic E-state index is 5.63. The number of imidazole rings is 1. The summed E-state index contributed by atoms with van der Waals surface area (Å²) >= 11 is 0. The van der Waals surface area contributed by atoms with Crippen LogP contribution in [0.15, 0.2) is 48.5 Å². The number of fused-ring (bicyclic) bond motifs is 1. The third-order valence-corrected chi connectivity index (χ3v) is 3.88. The first-order valence-corrected chi connectivity index (χ1v) is 7.52. The van der Waals surface area contributed by atoms with Crippen LogP contribution in [-0.4, -0.2) is 16.1 Å². The van der Waals surface area contributed by atoms with Crippen molar-refractivity contribution in [2.75, 3.05) is 6.54 Å². The summed E-state index contributed by atoms with van der Waals surface area (Å²) in [5.41, 5.74) is 10.4. The Morgan fingerprint density at radius 3 is 2.57 bits per heavy atom. The van der Waals surface area contributed by atoms with Gasteiger partial charge in [0.1, 0.15) is 5.82 Å². The fourth-order valence-electron chi connectivity index (χ4n) is 2.75. The molecule has 0 fully saturated rings. The zero-order valence-corrected chi connectivity index (χ0v) is 12.4. The van der Waals surface area contributed by atoms with Crippen LogP contribution < -0.4 is 5.73 Å². The Morgan fingerprint density at radius 2 is 1.76 bits per heavy atom. The highest BCUT2D eigenvalue weighted by Gasteiger charge is 2.13. The molecule has 108 valence electrons. The SMILES string of the molecule is Cc1ccccc1-c1nc2ccccc2n1CCCCN. The summed E-state index contributed by atoms with van der Waals surface area (Å²) in [6, 6.07) is 16.8. The van der Waals surface area contributed by atoms with Gasteiger partial charge < -0.3 is 10.3 Å². The van der Waals surface area contributed by atoms with E-state index in [2.05, 4.69) is 54.0 Å². The van der Waals surface area contributed by atoms with Crippen LogP contribution in [0.4, 0.5) is 0 Å². The minimum atomic E-state index is 0.742. The van der Waals surface area contributed by atoms with E-state index in [1.54, 1.807) is 0 Å². The van der Waals surface area contributed by atoms with Crippen LogP contribution in [0, 0.1) is 6.92 Å². The number of para-hydroxylation sites is 2. The third-order valence-electron chi connectivity index (χ3n) is 3.88. The lowest BCUT2D eigenvalue weighted by Crippen LogP contribution is -2.05. The average Bonchev–Trinajstić information content (AvgIpc) is 2.87. The van der Waals surface area contributed by atoms with Gasteiger partial charge in [0.05, 0.1) is 11.0 Å². The number of rotatable bonds is 5. The molecule has 0 radical (unpaired) electrons. The van der Waals surface area contributed by atoms with Crippen LogP contribution in [0.1, 0.15) is 18.4 Å². The Labute approximate surface area is 125 Å². The molecule has 0 saturated carbocycles. The highest BCUT2D eigenvalue weighted by atomic mass is 15.1. The molecule has 3 aromatic rings. The van der Waals surface area contributed by atoms with E-state index < -0.39 is 0 Å². The maximum Gasteiger partial charge on any atom is 0.141 e. The van der Waals surface area contributed by atoms with E-state index in [4.69, 9.17) is 10.7 Å². The van der Waals surface area contributed by atoms with Crippen molar-refractivity contribution in [2.24, 2.45) is 5.73 Å². The van der Waals surface area contributed by atoms with E-state index in [-0.39, 0.29) is 0 Å². The van der Waals surface area contributed by atoms with Gasteiger partial charge in [0.15, 0.2) is 0 Å². The fourth-order valence-corrected chi connectivity index (χ4v) is 2.75. The van der Waals surface area contributed by atoms with Crippen LogP contribution in [0.25, 0.3) is 22.4 Å². The Morgan fingerprint density at radius 1 is 1.00 bits per heavy atom. The molecular formula is C18H21N3. The lowest BCUT2D eigenvalue weighted by Gasteiger charge is -2.10. The Hall–Kier alpha value is -2.13. The van der Waals surface area contributed by atoms with Crippen molar-refractivity contribution in [3.05, 3.63) is 54.1 Å². The van der Waals surface area contributed by atoms with Gasteiger partial charge in [-0.05, 0) is 44.0 Å². The number of aromatic nitrogens is 2. The van der Waals surface area contributed by atoms with E-state index >= 15 is 0 Å². The Balaban J connectivity index is 2.12. The molecule has 1 heterocycles. The standard InChI is InChI=1S/C18H21N3/c1-14-8-2-3-9-15(14)18-20-16-10-4-5-11-17(16)21(18)13-7-6-12-19/h2-5,8-11H,6-7,12-13,19H2,1H3. The van der Waals surface area contributed by atoms with Crippen LogP contribution >= 0.6 is 0 Å². The molecule has 2 aromatic carbocycles. The third kappa shape index (κ3) is 2.69. The number of nitrogens with zero attached hydrogens (tertiary/aromatic N) is 2. The largest absolute Gasteiger partial charge is 0.330 e. The molecule has 0 aliphatic rings. The van der Waals surface area contributed by atoms with Gasteiger partial charge in [0.25, 0.3) is 0 Å². The first kappa shape index (κ1) is 13.8. The highest BCUT2D eigenvalue weighted by molar-refractivity contribution is 5.81. The molecule has 2 N–H and O–H groups in total. The summed E-state index contributed by atoms with van der Waals surface area (Å²) in [5.74, 6) is 1.06. The van der Waals surface area contributed by atoms with Crippen molar-refractivity contribution >= 4 is 11.0 Å². The molecule has 3 heteroatoms. The second-order valence-electron chi connectivity index (χ2n) is 5.39. The molecule has 0 saturated heterocycles. The molecule has 0 unspecified atom stereocenters. The number of benzene rings is 2. The van der Waals surface area contributed by atoms with Gasteiger partial charge in [0.2, 0.25) is 0 Å². The summed E-state index contributed by atoms with van der Waals surface area (Å²) in [6.45, 7) is 3.84. The number of nitrogens with two attached hydrogens (primary N) is 1. The fraction of sp³-hybridized carbons (Fsp3) is 0.278. The molecule has 0 atom stereocenters. The number of hydrogen-bond acceptors (Lipinski definition) is 2. The lowest BCUT2D eigenvalue weighted by molar-refractivity contribution is 0.631. The lowest BCUT2D eigenvalue weighted by atomic mass is 10.1. The van der Waals surface area contributed by atoms with Gasteiger partial charge in [-0.2, -0.15) is 0 Å². The number of unbranched alkanes of at least 4 members (excludes halogenated alkanes) is 1. The molecule has 3 rings (SSSR count). The van der Waals surface area contributed by atoms with Gasteiger partial charge in [-0.25, -0.2) is 4.98 Å². The van der Waals surface area contributed by atoms with Gasteiger partial charge in [-0.3, -0.25) is 0 Å². The van der Waals surface area contributed by atoms with E-state index in [1.165, 1.54) is 16.6 Å². The van der Waals surface area contributed by atoms with Gasteiger partial charge >= 0.3 is 0 Å². The van der Waals surface area contributed by atoms with Crippen LogP contribution in [0.3, 0.4) is 0 Å².